The summed E-state index contributed by atoms with van der Waals surface area (Å²) in [5, 5.41) is 6.41. The molecule has 1 atom stereocenters. The zero-order chi connectivity index (χ0) is 16.0. The Morgan fingerprint density at radius 3 is 2.68 bits per heavy atom. The van der Waals surface area contributed by atoms with Crippen LogP contribution in [0, 0.1) is 0 Å². The third-order valence-electron chi connectivity index (χ3n) is 4.43. The van der Waals surface area contributed by atoms with E-state index < -0.39 is 0 Å². The molecule has 2 rings (SSSR count). The van der Waals surface area contributed by atoms with Gasteiger partial charge in [0.25, 0.3) is 0 Å². The van der Waals surface area contributed by atoms with Crippen LogP contribution in [0.15, 0.2) is 18.2 Å². The molecule has 0 saturated carbocycles. The molecular weight excluding hydrogens is 280 g/mol. The molecule has 1 heterocycles. The Hall–Kier alpha value is -1.75. The van der Waals surface area contributed by atoms with Crippen molar-refractivity contribution in [2.24, 2.45) is 0 Å². The lowest BCUT2D eigenvalue weighted by atomic mass is 9.93. The first-order valence-corrected chi connectivity index (χ1v) is 7.89. The summed E-state index contributed by atoms with van der Waals surface area (Å²) in [7, 11) is 3.25. The average Bonchev–Trinajstić information content (AvgIpc) is 3.04. The lowest BCUT2D eigenvalue weighted by molar-refractivity contribution is -0.127. The number of hydrogen-bond donors (Lipinski definition) is 2. The van der Waals surface area contributed by atoms with Crippen LogP contribution in [0.5, 0.6) is 11.5 Å². The number of rotatable bonds is 7. The van der Waals surface area contributed by atoms with Gasteiger partial charge in [-0.25, -0.2) is 0 Å². The molecule has 5 heteroatoms. The van der Waals surface area contributed by atoms with Crippen LogP contribution in [0.1, 0.15) is 31.7 Å². The number of carbonyl (C=O) groups is 1. The molecule has 5 nitrogen and oxygen atoms in total. The molecule has 0 aromatic heterocycles. The van der Waals surface area contributed by atoms with Crippen molar-refractivity contribution in [1.29, 1.82) is 0 Å². The second kappa shape index (κ2) is 7.49. The Labute approximate surface area is 132 Å². The van der Waals surface area contributed by atoms with Crippen molar-refractivity contribution in [3.05, 3.63) is 23.8 Å². The summed E-state index contributed by atoms with van der Waals surface area (Å²) in [6.07, 6.45) is 3.59. The molecular formula is C17H26N2O3. The molecule has 1 aromatic rings. The molecule has 0 bridgehead atoms. The third kappa shape index (κ3) is 3.53. The van der Waals surface area contributed by atoms with E-state index in [1.54, 1.807) is 14.2 Å². The van der Waals surface area contributed by atoms with Gasteiger partial charge in [0.15, 0.2) is 11.5 Å². The highest BCUT2D eigenvalue weighted by Gasteiger charge is 2.38. The number of methoxy groups -OCH3 is 2. The van der Waals surface area contributed by atoms with Crippen LogP contribution in [0.4, 0.5) is 0 Å². The van der Waals surface area contributed by atoms with Crippen LogP contribution < -0.4 is 20.1 Å². The first-order valence-electron chi connectivity index (χ1n) is 7.89. The fourth-order valence-corrected chi connectivity index (χ4v) is 2.99. The van der Waals surface area contributed by atoms with Gasteiger partial charge < -0.3 is 20.1 Å². The van der Waals surface area contributed by atoms with Crippen LogP contribution in [-0.4, -0.2) is 38.8 Å². The first kappa shape index (κ1) is 16.6. The predicted octanol–water partition coefficient (Wildman–Crippen LogP) is 1.89. The highest BCUT2D eigenvalue weighted by atomic mass is 16.5. The molecule has 1 aliphatic heterocycles. The summed E-state index contributed by atoms with van der Waals surface area (Å²) in [6.45, 7) is 3.61. The van der Waals surface area contributed by atoms with Gasteiger partial charge in [0.1, 0.15) is 0 Å². The Morgan fingerprint density at radius 1 is 1.32 bits per heavy atom. The predicted molar refractivity (Wildman–Crippen MR) is 86.5 cm³/mol. The molecule has 122 valence electrons. The Balaban J connectivity index is 1.89. The molecule has 1 unspecified atom stereocenters. The van der Waals surface area contributed by atoms with Gasteiger partial charge >= 0.3 is 0 Å². The molecule has 1 amide bonds. The lowest BCUT2D eigenvalue weighted by Crippen LogP contribution is -2.53. The fraction of sp³-hybridized carbons (Fsp3) is 0.588. The molecule has 2 N–H and O–H groups in total. The van der Waals surface area contributed by atoms with Gasteiger partial charge in [0.05, 0.1) is 19.8 Å². The van der Waals surface area contributed by atoms with Crippen molar-refractivity contribution in [1.82, 2.24) is 10.6 Å². The van der Waals surface area contributed by atoms with Crippen molar-refractivity contribution in [2.75, 3.05) is 27.3 Å². The van der Waals surface area contributed by atoms with Gasteiger partial charge in [-0.15, -0.1) is 0 Å². The number of nitrogens with one attached hydrogen (secondary N) is 2. The van der Waals surface area contributed by atoms with E-state index in [1.165, 1.54) is 0 Å². The van der Waals surface area contributed by atoms with Crippen LogP contribution in [0.2, 0.25) is 0 Å². The van der Waals surface area contributed by atoms with Crippen LogP contribution in [0.25, 0.3) is 0 Å². The maximum atomic E-state index is 12.4. The van der Waals surface area contributed by atoms with Crippen LogP contribution in [-0.2, 0) is 11.2 Å². The Morgan fingerprint density at radius 2 is 2.09 bits per heavy atom. The van der Waals surface area contributed by atoms with Gasteiger partial charge in [-0.1, -0.05) is 13.0 Å². The topological polar surface area (TPSA) is 59.6 Å². The minimum Gasteiger partial charge on any atom is -0.493 e. The number of benzene rings is 1. The van der Waals surface area contributed by atoms with E-state index in [0.717, 1.165) is 43.5 Å². The standard InChI is InChI=1S/C17H26N2O3/c1-4-17(9-5-10-19-17)16(20)18-11-8-13-6-7-14(21-2)15(12-13)22-3/h6-7,12,19H,4-5,8-11H2,1-3H3,(H,18,20). The van der Waals surface area contributed by atoms with Crippen LogP contribution in [0.3, 0.4) is 0 Å². The molecule has 1 fully saturated rings. The Kier molecular flexibility index (Phi) is 5.66. The van der Waals surface area contributed by atoms with Crippen molar-refractivity contribution >= 4 is 5.91 Å². The summed E-state index contributed by atoms with van der Waals surface area (Å²) in [5.74, 6) is 1.55. The van der Waals surface area contributed by atoms with Gasteiger partial charge in [-0.2, -0.15) is 0 Å². The number of ether oxygens (including phenoxy) is 2. The first-order chi connectivity index (χ1) is 10.6. The van der Waals surface area contributed by atoms with E-state index in [2.05, 4.69) is 17.6 Å². The molecule has 1 aromatic carbocycles. The summed E-state index contributed by atoms with van der Waals surface area (Å²) < 4.78 is 10.5. The summed E-state index contributed by atoms with van der Waals surface area (Å²) in [6, 6.07) is 5.84. The highest BCUT2D eigenvalue weighted by molar-refractivity contribution is 5.86. The van der Waals surface area contributed by atoms with Gasteiger partial charge in [0.2, 0.25) is 5.91 Å². The zero-order valence-electron chi connectivity index (χ0n) is 13.7. The van der Waals surface area contributed by atoms with E-state index in [0.29, 0.717) is 12.3 Å². The average molecular weight is 306 g/mol. The summed E-state index contributed by atoms with van der Waals surface area (Å²) in [4.78, 5) is 12.4. The number of hydrogen-bond acceptors (Lipinski definition) is 4. The largest absolute Gasteiger partial charge is 0.493 e. The van der Waals surface area contributed by atoms with Crippen molar-refractivity contribution in [2.45, 2.75) is 38.1 Å². The molecule has 1 saturated heterocycles. The molecule has 0 radical (unpaired) electrons. The van der Waals surface area contributed by atoms with Crippen molar-refractivity contribution < 1.29 is 14.3 Å². The van der Waals surface area contributed by atoms with E-state index >= 15 is 0 Å². The highest BCUT2D eigenvalue weighted by Crippen LogP contribution is 2.27. The third-order valence-corrected chi connectivity index (χ3v) is 4.43. The summed E-state index contributed by atoms with van der Waals surface area (Å²) in [5.41, 5.74) is 0.750. The number of amides is 1. The van der Waals surface area contributed by atoms with E-state index in [9.17, 15) is 4.79 Å². The van der Waals surface area contributed by atoms with Crippen molar-refractivity contribution in [3.8, 4) is 11.5 Å². The minimum atomic E-state index is -0.363. The summed E-state index contributed by atoms with van der Waals surface area (Å²) >= 11 is 0. The maximum Gasteiger partial charge on any atom is 0.240 e. The number of carbonyl (C=O) groups excluding carboxylic acids is 1. The molecule has 0 spiro atoms. The monoisotopic (exact) mass is 306 g/mol. The molecule has 0 aliphatic carbocycles. The quantitative estimate of drug-likeness (QED) is 0.808. The van der Waals surface area contributed by atoms with E-state index in [-0.39, 0.29) is 11.4 Å². The Bertz CT molecular complexity index is 511. The fourth-order valence-electron chi connectivity index (χ4n) is 2.99. The normalized spacial score (nSPS) is 20.7. The second-order valence-corrected chi connectivity index (χ2v) is 5.66. The zero-order valence-corrected chi connectivity index (χ0v) is 13.7. The van der Waals surface area contributed by atoms with E-state index in [1.807, 2.05) is 18.2 Å². The van der Waals surface area contributed by atoms with Gasteiger partial charge in [-0.05, 0) is 49.9 Å². The molecule has 22 heavy (non-hydrogen) atoms. The maximum absolute atomic E-state index is 12.4. The SMILES string of the molecule is CCC1(C(=O)NCCc2ccc(OC)c(OC)c2)CCCN1. The van der Waals surface area contributed by atoms with Crippen molar-refractivity contribution in [3.63, 3.8) is 0 Å². The lowest BCUT2D eigenvalue weighted by Gasteiger charge is -2.26. The second-order valence-electron chi connectivity index (χ2n) is 5.66. The minimum absolute atomic E-state index is 0.118. The van der Waals surface area contributed by atoms with Gasteiger partial charge in [-0.3, -0.25) is 4.79 Å². The van der Waals surface area contributed by atoms with Crippen LogP contribution >= 0.6 is 0 Å². The van der Waals surface area contributed by atoms with E-state index in [4.69, 9.17) is 9.47 Å². The van der Waals surface area contributed by atoms with Gasteiger partial charge in [0, 0.05) is 6.54 Å². The smallest absolute Gasteiger partial charge is 0.240 e. The molecule has 1 aliphatic rings.